The lowest BCUT2D eigenvalue weighted by molar-refractivity contribution is 0.129. The van der Waals surface area contributed by atoms with Gasteiger partial charge >= 0.3 is 0 Å². The number of hydrogen-bond acceptors (Lipinski definition) is 2. The first kappa shape index (κ1) is 10.7. The lowest BCUT2D eigenvalue weighted by Gasteiger charge is -2.36. The maximum atomic E-state index is 4.06. The van der Waals surface area contributed by atoms with Crippen LogP contribution in [0.2, 0.25) is 0 Å². The molecule has 0 saturated carbocycles. The number of rotatable bonds is 3. The monoisotopic (exact) mass is 207 g/mol. The molecule has 1 N–H and O–H groups in total. The highest BCUT2D eigenvalue weighted by Gasteiger charge is 2.24. The van der Waals surface area contributed by atoms with Gasteiger partial charge in [0.25, 0.3) is 0 Å². The predicted molar refractivity (Wildman–Crippen MR) is 61.6 cm³/mol. The van der Waals surface area contributed by atoms with Gasteiger partial charge in [-0.3, -0.25) is 10.00 Å². The van der Waals surface area contributed by atoms with E-state index in [-0.39, 0.29) is 0 Å². The minimum atomic E-state index is 0.573. The molecule has 1 aliphatic rings. The van der Waals surface area contributed by atoms with Crippen LogP contribution >= 0.6 is 0 Å². The molecule has 2 rings (SSSR count). The van der Waals surface area contributed by atoms with Gasteiger partial charge in [-0.05, 0) is 31.4 Å². The van der Waals surface area contributed by atoms with Crippen LogP contribution in [0, 0.1) is 5.92 Å². The summed E-state index contributed by atoms with van der Waals surface area (Å²) in [5.41, 5.74) is 1.29. The number of likely N-dealkylation sites (tertiary alicyclic amines) is 1. The van der Waals surface area contributed by atoms with Gasteiger partial charge in [-0.15, -0.1) is 0 Å². The summed E-state index contributed by atoms with van der Waals surface area (Å²) in [6, 6.07) is 2.69. The maximum Gasteiger partial charge on any atom is 0.0523 e. The van der Waals surface area contributed by atoms with Crippen molar-refractivity contribution in [1.82, 2.24) is 15.1 Å². The second kappa shape index (κ2) is 4.79. The molecule has 3 heteroatoms. The fourth-order valence-corrected chi connectivity index (χ4v) is 2.48. The van der Waals surface area contributed by atoms with E-state index in [2.05, 4.69) is 35.0 Å². The molecular weight excluding hydrogens is 186 g/mol. The molecule has 0 aliphatic carbocycles. The molecule has 2 heterocycles. The second-order valence-electron chi connectivity index (χ2n) is 4.91. The number of nitrogens with zero attached hydrogens (tertiary/aromatic N) is 2. The standard InChI is InChI=1S/C12H21N3/c1-10(2)9-15-8-4-3-5-12(15)11-6-7-13-14-11/h6-7,10,12H,3-5,8-9H2,1-2H3,(H,13,14)/t12-/m0/s1. The van der Waals surface area contributed by atoms with Crippen LogP contribution in [-0.2, 0) is 0 Å². The Morgan fingerprint density at radius 3 is 3.07 bits per heavy atom. The molecular formula is C12H21N3. The van der Waals surface area contributed by atoms with Crippen molar-refractivity contribution in [3.63, 3.8) is 0 Å². The number of aromatic amines is 1. The smallest absolute Gasteiger partial charge is 0.0523 e. The van der Waals surface area contributed by atoms with E-state index < -0.39 is 0 Å². The zero-order valence-corrected chi connectivity index (χ0v) is 9.74. The normalized spacial score (nSPS) is 23.5. The van der Waals surface area contributed by atoms with Gasteiger partial charge in [-0.2, -0.15) is 5.10 Å². The third kappa shape index (κ3) is 2.59. The Kier molecular flexibility index (Phi) is 3.41. The third-order valence-electron chi connectivity index (χ3n) is 3.09. The number of piperidine rings is 1. The summed E-state index contributed by atoms with van der Waals surface area (Å²) in [6.07, 6.45) is 5.82. The van der Waals surface area contributed by atoms with E-state index in [4.69, 9.17) is 0 Å². The SMILES string of the molecule is CC(C)CN1CCCC[C@H]1c1ccn[nH]1. The van der Waals surface area contributed by atoms with Gasteiger partial charge in [0.15, 0.2) is 0 Å². The van der Waals surface area contributed by atoms with Crippen LogP contribution in [-0.4, -0.2) is 28.2 Å². The van der Waals surface area contributed by atoms with Gasteiger partial charge in [-0.25, -0.2) is 0 Å². The summed E-state index contributed by atoms with van der Waals surface area (Å²) < 4.78 is 0. The summed E-state index contributed by atoms with van der Waals surface area (Å²) in [4.78, 5) is 2.60. The summed E-state index contributed by atoms with van der Waals surface area (Å²) in [7, 11) is 0. The van der Waals surface area contributed by atoms with Crippen molar-refractivity contribution in [3.05, 3.63) is 18.0 Å². The van der Waals surface area contributed by atoms with Crippen molar-refractivity contribution in [2.45, 2.75) is 39.2 Å². The van der Waals surface area contributed by atoms with Crippen LogP contribution in [0.5, 0.6) is 0 Å². The summed E-state index contributed by atoms with van der Waals surface area (Å²) in [5.74, 6) is 0.744. The van der Waals surface area contributed by atoms with Crippen molar-refractivity contribution in [3.8, 4) is 0 Å². The Labute approximate surface area is 91.9 Å². The minimum absolute atomic E-state index is 0.573. The average molecular weight is 207 g/mol. The molecule has 84 valence electrons. The molecule has 1 atom stereocenters. The van der Waals surface area contributed by atoms with Gasteiger partial charge < -0.3 is 0 Å². The van der Waals surface area contributed by atoms with Gasteiger partial charge in [0.2, 0.25) is 0 Å². The fraction of sp³-hybridized carbons (Fsp3) is 0.750. The zero-order chi connectivity index (χ0) is 10.7. The van der Waals surface area contributed by atoms with Crippen LogP contribution in [0.15, 0.2) is 12.3 Å². The Bertz CT molecular complexity index is 279. The Balaban J connectivity index is 2.06. The molecule has 0 bridgehead atoms. The molecule has 1 saturated heterocycles. The van der Waals surface area contributed by atoms with Crippen LogP contribution in [0.1, 0.15) is 44.8 Å². The van der Waals surface area contributed by atoms with E-state index in [9.17, 15) is 0 Å². The third-order valence-corrected chi connectivity index (χ3v) is 3.09. The van der Waals surface area contributed by atoms with E-state index in [1.807, 2.05) is 6.20 Å². The van der Waals surface area contributed by atoms with Crippen molar-refractivity contribution >= 4 is 0 Å². The number of nitrogens with one attached hydrogen (secondary N) is 1. The molecule has 15 heavy (non-hydrogen) atoms. The molecule has 1 fully saturated rings. The summed E-state index contributed by atoms with van der Waals surface area (Å²) in [6.45, 7) is 7.02. The first-order valence-corrected chi connectivity index (χ1v) is 6.00. The van der Waals surface area contributed by atoms with E-state index in [1.54, 1.807) is 0 Å². The summed E-state index contributed by atoms with van der Waals surface area (Å²) in [5, 5.41) is 7.18. The molecule has 1 aromatic rings. The van der Waals surface area contributed by atoms with Crippen molar-refractivity contribution in [2.24, 2.45) is 5.92 Å². The number of H-pyrrole nitrogens is 1. The van der Waals surface area contributed by atoms with Crippen LogP contribution in [0.3, 0.4) is 0 Å². The first-order chi connectivity index (χ1) is 7.27. The highest BCUT2D eigenvalue weighted by atomic mass is 15.2. The molecule has 0 spiro atoms. The fourth-order valence-electron chi connectivity index (χ4n) is 2.48. The van der Waals surface area contributed by atoms with E-state index in [1.165, 1.54) is 38.0 Å². The molecule has 0 unspecified atom stereocenters. The number of aromatic nitrogens is 2. The minimum Gasteiger partial charge on any atom is -0.295 e. The van der Waals surface area contributed by atoms with Gasteiger partial charge in [0.05, 0.1) is 11.7 Å². The van der Waals surface area contributed by atoms with Crippen molar-refractivity contribution < 1.29 is 0 Å². The molecule has 1 aromatic heterocycles. The van der Waals surface area contributed by atoms with E-state index >= 15 is 0 Å². The maximum absolute atomic E-state index is 4.06. The average Bonchev–Trinajstić information content (AvgIpc) is 2.70. The Hall–Kier alpha value is -0.830. The lowest BCUT2D eigenvalue weighted by Crippen LogP contribution is -2.36. The summed E-state index contributed by atoms with van der Waals surface area (Å²) >= 11 is 0. The largest absolute Gasteiger partial charge is 0.295 e. The van der Waals surface area contributed by atoms with Crippen molar-refractivity contribution in [2.75, 3.05) is 13.1 Å². The molecule has 0 amide bonds. The zero-order valence-electron chi connectivity index (χ0n) is 9.74. The number of hydrogen-bond donors (Lipinski definition) is 1. The second-order valence-corrected chi connectivity index (χ2v) is 4.91. The highest BCUT2D eigenvalue weighted by Crippen LogP contribution is 2.29. The van der Waals surface area contributed by atoms with Crippen LogP contribution < -0.4 is 0 Å². The Morgan fingerprint density at radius 2 is 2.40 bits per heavy atom. The molecule has 0 radical (unpaired) electrons. The Morgan fingerprint density at radius 1 is 1.53 bits per heavy atom. The van der Waals surface area contributed by atoms with Crippen LogP contribution in [0.4, 0.5) is 0 Å². The van der Waals surface area contributed by atoms with Gasteiger partial charge in [0, 0.05) is 12.7 Å². The molecule has 3 nitrogen and oxygen atoms in total. The van der Waals surface area contributed by atoms with E-state index in [0.717, 1.165) is 5.92 Å². The van der Waals surface area contributed by atoms with Crippen LogP contribution in [0.25, 0.3) is 0 Å². The molecule has 1 aliphatic heterocycles. The van der Waals surface area contributed by atoms with E-state index in [0.29, 0.717) is 6.04 Å². The molecule has 0 aromatic carbocycles. The highest BCUT2D eigenvalue weighted by molar-refractivity contribution is 5.06. The lowest BCUT2D eigenvalue weighted by atomic mass is 9.98. The topological polar surface area (TPSA) is 31.9 Å². The van der Waals surface area contributed by atoms with Crippen molar-refractivity contribution in [1.29, 1.82) is 0 Å². The first-order valence-electron chi connectivity index (χ1n) is 6.00. The quantitative estimate of drug-likeness (QED) is 0.826. The van der Waals surface area contributed by atoms with Gasteiger partial charge in [0.1, 0.15) is 0 Å². The predicted octanol–water partition coefficient (Wildman–Crippen LogP) is 2.59. The van der Waals surface area contributed by atoms with Gasteiger partial charge in [-0.1, -0.05) is 20.3 Å².